The van der Waals surface area contributed by atoms with Crippen molar-refractivity contribution < 1.29 is 14.3 Å². The minimum Gasteiger partial charge on any atom is -0.481 e. The van der Waals surface area contributed by atoms with Crippen LogP contribution in [0.4, 0.5) is 5.69 Å². The van der Waals surface area contributed by atoms with E-state index in [1.807, 2.05) is 0 Å². The number of rotatable bonds is 5. The molecule has 1 amide bonds. The predicted octanol–water partition coefficient (Wildman–Crippen LogP) is 3.95. The molecule has 0 aromatic heterocycles. The molecule has 114 valence electrons. The molecule has 1 atom stereocenters. The summed E-state index contributed by atoms with van der Waals surface area (Å²) in [5, 5.41) is 3.24. The normalized spacial score (nSPS) is 11.6. The summed E-state index contributed by atoms with van der Waals surface area (Å²) in [6, 6.07) is 13.7. The Kier molecular flexibility index (Phi) is 5.17. The zero-order chi connectivity index (χ0) is 16.1. The van der Waals surface area contributed by atoms with Crippen LogP contribution in [0, 0.1) is 0 Å². The number of anilines is 1. The first kappa shape index (κ1) is 16.0. The molecule has 0 bridgehead atoms. The van der Waals surface area contributed by atoms with Crippen LogP contribution in [0.2, 0.25) is 5.02 Å². The molecule has 1 N–H and O–H groups in total. The van der Waals surface area contributed by atoms with E-state index in [1.165, 1.54) is 6.92 Å². The summed E-state index contributed by atoms with van der Waals surface area (Å²) in [5.74, 6) is 0.0583. The summed E-state index contributed by atoms with van der Waals surface area (Å²) >= 11 is 5.88. The molecule has 0 aliphatic rings. The highest BCUT2D eigenvalue weighted by atomic mass is 35.5. The number of halogens is 1. The van der Waals surface area contributed by atoms with Gasteiger partial charge in [-0.05, 0) is 44.2 Å². The maximum Gasteiger partial charge on any atom is 0.265 e. The summed E-state index contributed by atoms with van der Waals surface area (Å²) in [4.78, 5) is 23.7. The van der Waals surface area contributed by atoms with Gasteiger partial charge in [-0.2, -0.15) is 0 Å². The Labute approximate surface area is 134 Å². The summed E-state index contributed by atoms with van der Waals surface area (Å²) in [7, 11) is 0. The second-order valence-corrected chi connectivity index (χ2v) is 5.24. The quantitative estimate of drug-likeness (QED) is 0.850. The largest absolute Gasteiger partial charge is 0.481 e. The number of amides is 1. The van der Waals surface area contributed by atoms with Crippen molar-refractivity contribution in [2.45, 2.75) is 20.0 Å². The molecule has 2 aromatic carbocycles. The highest BCUT2D eigenvalue weighted by Gasteiger charge is 2.17. The number of Topliss-reactive ketones (excluding diaryl/α,β-unsaturated/α-hetero) is 1. The maximum atomic E-state index is 12.2. The van der Waals surface area contributed by atoms with E-state index in [0.29, 0.717) is 22.0 Å². The van der Waals surface area contributed by atoms with Gasteiger partial charge in [-0.15, -0.1) is 0 Å². The molecular weight excluding hydrogens is 302 g/mol. The fraction of sp³-hybridized carbons (Fsp3) is 0.176. The van der Waals surface area contributed by atoms with Crippen LogP contribution in [0.25, 0.3) is 0 Å². The number of carbonyl (C=O) groups is 2. The zero-order valence-corrected chi connectivity index (χ0v) is 13.1. The summed E-state index contributed by atoms with van der Waals surface area (Å²) in [6.45, 7) is 3.09. The van der Waals surface area contributed by atoms with E-state index < -0.39 is 6.10 Å². The number of nitrogens with one attached hydrogen (secondary N) is 1. The number of benzene rings is 2. The molecule has 0 heterocycles. The third-order valence-electron chi connectivity index (χ3n) is 3.04. The van der Waals surface area contributed by atoms with Crippen LogP contribution in [0.3, 0.4) is 0 Å². The van der Waals surface area contributed by atoms with Gasteiger partial charge in [0, 0.05) is 10.6 Å². The van der Waals surface area contributed by atoms with Crippen LogP contribution in [0.1, 0.15) is 24.2 Å². The van der Waals surface area contributed by atoms with E-state index in [-0.39, 0.29) is 11.7 Å². The molecule has 5 heteroatoms. The van der Waals surface area contributed by atoms with Crippen LogP contribution in [0.15, 0.2) is 48.5 Å². The highest BCUT2D eigenvalue weighted by Crippen LogP contribution is 2.20. The Morgan fingerprint density at radius 3 is 2.55 bits per heavy atom. The Morgan fingerprint density at radius 1 is 1.14 bits per heavy atom. The van der Waals surface area contributed by atoms with Crippen molar-refractivity contribution in [1.29, 1.82) is 0 Å². The van der Waals surface area contributed by atoms with E-state index in [2.05, 4.69) is 5.32 Å². The molecule has 2 rings (SSSR count). The Hall–Kier alpha value is -2.33. The number of ether oxygens (including phenoxy) is 1. The first-order valence-electron chi connectivity index (χ1n) is 6.80. The SMILES string of the molecule is CC(=O)c1ccccc1NC(=O)C(C)Oc1cccc(Cl)c1. The van der Waals surface area contributed by atoms with Gasteiger partial charge in [-0.25, -0.2) is 0 Å². The smallest absolute Gasteiger partial charge is 0.265 e. The molecule has 0 aliphatic carbocycles. The fourth-order valence-corrected chi connectivity index (χ4v) is 2.11. The van der Waals surface area contributed by atoms with Crippen LogP contribution < -0.4 is 10.1 Å². The van der Waals surface area contributed by atoms with Crippen molar-refractivity contribution >= 4 is 29.0 Å². The van der Waals surface area contributed by atoms with Crippen LogP contribution in [-0.4, -0.2) is 17.8 Å². The summed E-state index contributed by atoms with van der Waals surface area (Å²) < 4.78 is 5.55. The maximum absolute atomic E-state index is 12.2. The molecule has 0 radical (unpaired) electrons. The number of carbonyl (C=O) groups excluding carboxylic acids is 2. The molecule has 2 aromatic rings. The van der Waals surface area contributed by atoms with Crippen molar-refractivity contribution in [1.82, 2.24) is 0 Å². The number of hydrogen-bond acceptors (Lipinski definition) is 3. The molecule has 0 saturated heterocycles. The van der Waals surface area contributed by atoms with Gasteiger partial charge in [-0.3, -0.25) is 9.59 Å². The first-order valence-corrected chi connectivity index (χ1v) is 7.18. The zero-order valence-electron chi connectivity index (χ0n) is 12.3. The van der Waals surface area contributed by atoms with E-state index in [4.69, 9.17) is 16.3 Å². The molecule has 0 spiro atoms. The average molecular weight is 318 g/mol. The molecule has 0 saturated carbocycles. The molecule has 0 fully saturated rings. The third kappa shape index (κ3) is 4.09. The third-order valence-corrected chi connectivity index (χ3v) is 3.28. The first-order chi connectivity index (χ1) is 10.5. The standard InChI is InChI=1S/C17H16ClNO3/c1-11(20)15-8-3-4-9-16(15)19-17(21)12(2)22-14-7-5-6-13(18)10-14/h3-10,12H,1-2H3,(H,19,21). The minimum absolute atomic E-state index is 0.112. The van der Waals surface area contributed by atoms with E-state index in [0.717, 1.165) is 0 Å². The Balaban J connectivity index is 2.07. The van der Waals surface area contributed by atoms with Crippen LogP contribution >= 0.6 is 11.6 Å². The lowest BCUT2D eigenvalue weighted by atomic mass is 10.1. The second kappa shape index (κ2) is 7.09. The lowest BCUT2D eigenvalue weighted by Crippen LogP contribution is -2.30. The van der Waals surface area contributed by atoms with Crippen molar-refractivity contribution in [2.75, 3.05) is 5.32 Å². The molecule has 22 heavy (non-hydrogen) atoms. The van der Waals surface area contributed by atoms with E-state index in [9.17, 15) is 9.59 Å². The highest BCUT2D eigenvalue weighted by molar-refractivity contribution is 6.30. The topological polar surface area (TPSA) is 55.4 Å². The van der Waals surface area contributed by atoms with Gasteiger partial charge in [0.2, 0.25) is 0 Å². The fourth-order valence-electron chi connectivity index (χ4n) is 1.93. The lowest BCUT2D eigenvalue weighted by molar-refractivity contribution is -0.122. The lowest BCUT2D eigenvalue weighted by Gasteiger charge is -2.16. The molecule has 1 unspecified atom stereocenters. The van der Waals surface area contributed by atoms with Gasteiger partial charge in [0.25, 0.3) is 5.91 Å². The van der Waals surface area contributed by atoms with Crippen molar-refractivity contribution in [3.05, 3.63) is 59.1 Å². The number of hydrogen-bond donors (Lipinski definition) is 1. The van der Waals surface area contributed by atoms with Crippen LogP contribution in [0.5, 0.6) is 5.75 Å². The van der Waals surface area contributed by atoms with Crippen molar-refractivity contribution in [3.8, 4) is 5.75 Å². The number of para-hydroxylation sites is 1. The van der Waals surface area contributed by atoms with Gasteiger partial charge < -0.3 is 10.1 Å². The van der Waals surface area contributed by atoms with Crippen molar-refractivity contribution in [2.24, 2.45) is 0 Å². The Morgan fingerprint density at radius 2 is 1.86 bits per heavy atom. The monoisotopic (exact) mass is 317 g/mol. The van der Waals surface area contributed by atoms with Crippen LogP contribution in [-0.2, 0) is 4.79 Å². The van der Waals surface area contributed by atoms with Gasteiger partial charge >= 0.3 is 0 Å². The van der Waals surface area contributed by atoms with E-state index in [1.54, 1.807) is 55.5 Å². The van der Waals surface area contributed by atoms with E-state index >= 15 is 0 Å². The molecular formula is C17H16ClNO3. The molecule has 4 nitrogen and oxygen atoms in total. The van der Waals surface area contributed by atoms with Gasteiger partial charge in [0.05, 0.1) is 5.69 Å². The predicted molar refractivity (Wildman–Crippen MR) is 86.6 cm³/mol. The van der Waals surface area contributed by atoms with Gasteiger partial charge in [-0.1, -0.05) is 29.8 Å². The molecule has 0 aliphatic heterocycles. The minimum atomic E-state index is -0.724. The second-order valence-electron chi connectivity index (χ2n) is 4.81. The number of ketones is 1. The summed E-state index contributed by atoms with van der Waals surface area (Å²) in [6.07, 6.45) is -0.724. The Bertz CT molecular complexity index is 700. The van der Waals surface area contributed by atoms with Gasteiger partial charge in [0.15, 0.2) is 11.9 Å². The average Bonchev–Trinajstić information content (AvgIpc) is 2.47. The summed E-state index contributed by atoms with van der Waals surface area (Å²) in [5.41, 5.74) is 0.937. The van der Waals surface area contributed by atoms with Crippen molar-refractivity contribution in [3.63, 3.8) is 0 Å². The van der Waals surface area contributed by atoms with Gasteiger partial charge in [0.1, 0.15) is 5.75 Å².